The normalized spacial score (nSPS) is 12.3. The molecule has 2 amide bonds. The Morgan fingerprint density at radius 2 is 1.72 bits per heavy atom. The summed E-state index contributed by atoms with van der Waals surface area (Å²) in [7, 11) is -3.81. The minimum absolute atomic E-state index is 0.100. The number of hydrogen-bond acceptors (Lipinski definition) is 4. The van der Waals surface area contributed by atoms with Crippen LogP contribution < -0.4 is 9.62 Å². The molecular weight excluding hydrogens is 450 g/mol. The van der Waals surface area contributed by atoms with Crippen molar-refractivity contribution in [2.24, 2.45) is 0 Å². The summed E-state index contributed by atoms with van der Waals surface area (Å²) in [5.41, 5.74) is 2.06. The van der Waals surface area contributed by atoms with Crippen LogP contribution >= 0.6 is 11.6 Å². The van der Waals surface area contributed by atoms with Gasteiger partial charge in [0.25, 0.3) is 0 Å². The summed E-state index contributed by atoms with van der Waals surface area (Å²) in [5.74, 6) is -0.826. The van der Waals surface area contributed by atoms with E-state index >= 15 is 0 Å². The highest BCUT2D eigenvalue weighted by Gasteiger charge is 2.30. The van der Waals surface area contributed by atoms with Crippen LogP contribution in [0.25, 0.3) is 0 Å². The number of amides is 2. The summed E-state index contributed by atoms with van der Waals surface area (Å²) in [6.45, 7) is 6.92. The zero-order valence-electron chi connectivity index (χ0n) is 19.0. The van der Waals surface area contributed by atoms with Gasteiger partial charge in [-0.2, -0.15) is 0 Å². The molecule has 7 nitrogen and oxygen atoms in total. The van der Waals surface area contributed by atoms with Crippen molar-refractivity contribution >= 4 is 39.1 Å². The fraction of sp³-hybridized carbons (Fsp3) is 0.391. The number of hydrogen-bond donors (Lipinski definition) is 1. The first-order valence-corrected chi connectivity index (χ1v) is 12.5. The number of carbonyl (C=O) groups excluding carboxylic acids is 2. The minimum Gasteiger partial charge on any atom is -0.352 e. The maximum atomic E-state index is 13.4. The van der Waals surface area contributed by atoms with Gasteiger partial charge in [-0.3, -0.25) is 13.9 Å². The molecule has 174 valence electrons. The van der Waals surface area contributed by atoms with E-state index in [9.17, 15) is 18.0 Å². The molecule has 2 aromatic rings. The zero-order chi connectivity index (χ0) is 24.1. The highest BCUT2D eigenvalue weighted by Crippen LogP contribution is 2.27. The monoisotopic (exact) mass is 479 g/mol. The average molecular weight is 480 g/mol. The van der Waals surface area contributed by atoms with Crippen molar-refractivity contribution in [2.45, 2.75) is 46.3 Å². The third-order valence-corrected chi connectivity index (χ3v) is 6.28. The van der Waals surface area contributed by atoms with Crippen LogP contribution in [-0.4, -0.2) is 50.0 Å². The smallest absolute Gasteiger partial charge is 0.244 e. The molecule has 0 bridgehead atoms. The largest absolute Gasteiger partial charge is 0.352 e. The van der Waals surface area contributed by atoms with E-state index in [1.807, 2.05) is 45.0 Å². The number of sulfonamides is 1. The summed E-state index contributed by atoms with van der Waals surface area (Å²) in [5, 5.41) is 3.02. The SMILES string of the molecule is Cc1cccc(CN(C(=O)CN(c2ccccc2Cl)S(C)(=O)=O)C(C)C(=O)NC(C)C)c1. The number of nitrogens with one attached hydrogen (secondary N) is 1. The first-order valence-electron chi connectivity index (χ1n) is 10.3. The van der Waals surface area contributed by atoms with E-state index in [-0.39, 0.29) is 29.2 Å². The number of halogens is 1. The lowest BCUT2D eigenvalue weighted by Gasteiger charge is -2.32. The molecule has 0 aromatic heterocycles. The quantitative estimate of drug-likeness (QED) is 0.597. The van der Waals surface area contributed by atoms with E-state index in [0.717, 1.165) is 21.7 Å². The molecule has 0 saturated heterocycles. The Kier molecular flexibility index (Phi) is 8.69. The van der Waals surface area contributed by atoms with Gasteiger partial charge in [0.1, 0.15) is 12.6 Å². The molecule has 9 heteroatoms. The molecule has 0 aliphatic carbocycles. The summed E-state index contributed by atoms with van der Waals surface area (Å²) in [6.07, 6.45) is 1.02. The molecule has 32 heavy (non-hydrogen) atoms. The molecule has 0 spiro atoms. The van der Waals surface area contributed by atoms with E-state index in [4.69, 9.17) is 11.6 Å². The van der Waals surface area contributed by atoms with Gasteiger partial charge in [0.15, 0.2) is 0 Å². The van der Waals surface area contributed by atoms with Crippen LogP contribution in [0.2, 0.25) is 5.02 Å². The highest BCUT2D eigenvalue weighted by molar-refractivity contribution is 7.92. The van der Waals surface area contributed by atoms with Gasteiger partial charge in [-0.05, 0) is 45.4 Å². The maximum absolute atomic E-state index is 13.4. The molecular formula is C23H30ClN3O4S. The van der Waals surface area contributed by atoms with Crippen LogP contribution in [0.5, 0.6) is 0 Å². The molecule has 0 fully saturated rings. The minimum atomic E-state index is -3.81. The predicted octanol–water partition coefficient (Wildman–Crippen LogP) is 3.36. The molecule has 0 radical (unpaired) electrons. The maximum Gasteiger partial charge on any atom is 0.244 e. The van der Waals surface area contributed by atoms with Gasteiger partial charge in [-0.1, -0.05) is 53.6 Å². The lowest BCUT2D eigenvalue weighted by atomic mass is 10.1. The van der Waals surface area contributed by atoms with Crippen LogP contribution in [0.4, 0.5) is 5.69 Å². The first-order chi connectivity index (χ1) is 14.9. The third kappa shape index (κ3) is 6.97. The lowest BCUT2D eigenvalue weighted by molar-refractivity contribution is -0.139. The number of carbonyl (C=O) groups is 2. The van der Waals surface area contributed by atoms with Crippen LogP contribution in [0.15, 0.2) is 48.5 Å². The van der Waals surface area contributed by atoms with Gasteiger partial charge in [0.05, 0.1) is 17.0 Å². The Labute approximate surface area is 195 Å². The topological polar surface area (TPSA) is 86.8 Å². The second-order valence-electron chi connectivity index (χ2n) is 8.07. The van der Waals surface area contributed by atoms with Gasteiger partial charge < -0.3 is 10.2 Å². The summed E-state index contributed by atoms with van der Waals surface area (Å²) < 4.78 is 26.0. The average Bonchev–Trinajstić information content (AvgIpc) is 2.69. The number of rotatable bonds is 9. The zero-order valence-corrected chi connectivity index (χ0v) is 20.6. The fourth-order valence-corrected chi connectivity index (χ4v) is 4.39. The summed E-state index contributed by atoms with van der Waals surface area (Å²) in [4.78, 5) is 27.5. The Bertz CT molecular complexity index is 1070. The standard InChI is InChI=1S/C23H30ClN3O4S/c1-16(2)25-23(29)18(4)26(14-19-10-8-9-17(3)13-19)22(28)15-27(32(5,30)31)21-12-7-6-11-20(21)24/h6-13,16,18H,14-15H2,1-5H3,(H,25,29). The molecule has 2 rings (SSSR count). The van der Waals surface area contributed by atoms with Crippen molar-refractivity contribution in [1.82, 2.24) is 10.2 Å². The Morgan fingerprint density at radius 1 is 1.06 bits per heavy atom. The lowest BCUT2D eigenvalue weighted by Crippen LogP contribution is -2.52. The molecule has 2 aromatic carbocycles. The highest BCUT2D eigenvalue weighted by atomic mass is 35.5. The fourth-order valence-electron chi connectivity index (χ4n) is 3.24. The van der Waals surface area contributed by atoms with Crippen LogP contribution in [0, 0.1) is 6.92 Å². The van der Waals surface area contributed by atoms with E-state index < -0.39 is 28.5 Å². The number of benzene rings is 2. The van der Waals surface area contributed by atoms with E-state index in [1.165, 1.54) is 11.0 Å². The van der Waals surface area contributed by atoms with Crippen molar-refractivity contribution in [1.29, 1.82) is 0 Å². The van der Waals surface area contributed by atoms with Crippen molar-refractivity contribution in [3.8, 4) is 0 Å². The van der Waals surface area contributed by atoms with Crippen molar-refractivity contribution in [3.63, 3.8) is 0 Å². The molecule has 1 unspecified atom stereocenters. The van der Waals surface area contributed by atoms with Crippen LogP contribution in [0.3, 0.4) is 0 Å². The number of aryl methyl sites for hydroxylation is 1. The van der Waals surface area contributed by atoms with Crippen LogP contribution in [-0.2, 0) is 26.2 Å². The molecule has 1 atom stereocenters. The summed E-state index contributed by atoms with van der Waals surface area (Å²) in [6, 6.07) is 13.1. The van der Waals surface area contributed by atoms with Crippen LogP contribution in [0.1, 0.15) is 31.9 Å². The second kappa shape index (κ2) is 10.8. The molecule has 1 N–H and O–H groups in total. The second-order valence-corrected chi connectivity index (χ2v) is 10.4. The van der Waals surface area contributed by atoms with Gasteiger partial charge in [0, 0.05) is 12.6 Å². The Morgan fingerprint density at radius 3 is 2.28 bits per heavy atom. The Hall–Kier alpha value is -2.58. The van der Waals surface area contributed by atoms with E-state index in [0.29, 0.717) is 0 Å². The summed E-state index contributed by atoms with van der Waals surface area (Å²) >= 11 is 6.21. The van der Waals surface area contributed by atoms with E-state index in [2.05, 4.69) is 5.32 Å². The Balaban J connectivity index is 2.40. The molecule has 0 heterocycles. The van der Waals surface area contributed by atoms with Gasteiger partial charge in [-0.15, -0.1) is 0 Å². The van der Waals surface area contributed by atoms with Gasteiger partial charge >= 0.3 is 0 Å². The number of anilines is 1. The third-order valence-electron chi connectivity index (χ3n) is 4.83. The molecule has 0 saturated carbocycles. The van der Waals surface area contributed by atoms with Crippen molar-refractivity contribution < 1.29 is 18.0 Å². The molecule has 0 aliphatic heterocycles. The van der Waals surface area contributed by atoms with Gasteiger partial charge in [0.2, 0.25) is 21.8 Å². The number of para-hydroxylation sites is 1. The predicted molar refractivity (Wildman–Crippen MR) is 128 cm³/mol. The molecule has 0 aliphatic rings. The van der Waals surface area contributed by atoms with Crippen molar-refractivity contribution in [3.05, 3.63) is 64.7 Å². The van der Waals surface area contributed by atoms with E-state index in [1.54, 1.807) is 25.1 Å². The van der Waals surface area contributed by atoms with Gasteiger partial charge in [-0.25, -0.2) is 8.42 Å². The first kappa shape index (κ1) is 25.7. The number of nitrogens with zero attached hydrogens (tertiary/aromatic N) is 2. The van der Waals surface area contributed by atoms with Crippen molar-refractivity contribution in [2.75, 3.05) is 17.1 Å².